The van der Waals surface area contributed by atoms with Crippen molar-refractivity contribution >= 4 is 22.9 Å². The van der Waals surface area contributed by atoms with E-state index < -0.39 is 12.0 Å². The van der Waals surface area contributed by atoms with Crippen LogP contribution in [0.15, 0.2) is 24.3 Å². The van der Waals surface area contributed by atoms with Gasteiger partial charge in [0.1, 0.15) is 0 Å². The molecule has 4 rings (SSSR count). The molecule has 2 heterocycles. The lowest BCUT2D eigenvalue weighted by Gasteiger charge is -2.20. The van der Waals surface area contributed by atoms with Crippen LogP contribution in [-0.2, 0) is 16.6 Å². The molecule has 0 saturated heterocycles. The normalized spacial score (nSPS) is 14.1. The van der Waals surface area contributed by atoms with E-state index in [0.717, 1.165) is 24.2 Å². The summed E-state index contributed by atoms with van der Waals surface area (Å²) in [6.07, 6.45) is 2.09. The highest BCUT2D eigenvalue weighted by atomic mass is 16.5. The van der Waals surface area contributed by atoms with E-state index in [2.05, 4.69) is 10.4 Å². The Balaban J connectivity index is 1.73. The molecule has 1 amide bonds. The van der Waals surface area contributed by atoms with Crippen LogP contribution in [0.4, 0.5) is 0 Å². The fraction of sp³-hybridized carbons (Fsp3) is 0.417. The highest BCUT2D eigenvalue weighted by Gasteiger charge is 2.29. The van der Waals surface area contributed by atoms with Gasteiger partial charge in [0, 0.05) is 18.7 Å². The molecule has 1 atom stereocenters. The third kappa shape index (κ3) is 4.48. The summed E-state index contributed by atoms with van der Waals surface area (Å²) in [5.41, 5.74) is 3.50. The Kier molecular flexibility index (Phi) is 6.22. The number of aryl methyl sites for hydroxylation is 2. The minimum atomic E-state index is -0.630. The molecule has 1 N–H and O–H groups in total. The Morgan fingerprint density at radius 2 is 1.88 bits per heavy atom. The van der Waals surface area contributed by atoms with Crippen molar-refractivity contribution in [3.63, 3.8) is 0 Å². The summed E-state index contributed by atoms with van der Waals surface area (Å²) >= 11 is 0. The fourth-order valence-electron chi connectivity index (χ4n) is 4.04. The third-order valence-electron chi connectivity index (χ3n) is 5.94. The summed E-state index contributed by atoms with van der Waals surface area (Å²) in [7, 11) is 6.23. The number of nitrogens with zero attached hydrogens (tertiary/aromatic N) is 3. The first-order chi connectivity index (χ1) is 15.9. The number of esters is 1. The summed E-state index contributed by atoms with van der Waals surface area (Å²) in [5.74, 6) is 0.688. The lowest BCUT2D eigenvalue weighted by Crippen LogP contribution is -2.31. The highest BCUT2D eigenvalue weighted by molar-refractivity contribution is 6.06. The van der Waals surface area contributed by atoms with Gasteiger partial charge in [-0.2, -0.15) is 5.10 Å². The van der Waals surface area contributed by atoms with Crippen molar-refractivity contribution in [1.82, 2.24) is 20.1 Å². The number of nitrogens with one attached hydrogen (secondary N) is 1. The van der Waals surface area contributed by atoms with Gasteiger partial charge in [-0.05, 0) is 43.5 Å². The van der Waals surface area contributed by atoms with E-state index >= 15 is 0 Å². The first-order valence-corrected chi connectivity index (χ1v) is 10.8. The fourth-order valence-corrected chi connectivity index (χ4v) is 4.04. The van der Waals surface area contributed by atoms with E-state index in [4.69, 9.17) is 19.2 Å². The zero-order chi connectivity index (χ0) is 23.7. The molecule has 0 bridgehead atoms. The predicted molar refractivity (Wildman–Crippen MR) is 122 cm³/mol. The number of carbonyl (C=O) groups is 2. The molecule has 1 saturated carbocycles. The van der Waals surface area contributed by atoms with Crippen molar-refractivity contribution in [2.24, 2.45) is 7.05 Å². The minimum Gasteiger partial charge on any atom is -0.493 e. The van der Waals surface area contributed by atoms with Crippen LogP contribution in [0.1, 0.15) is 58.5 Å². The highest BCUT2D eigenvalue weighted by Crippen LogP contribution is 2.40. The number of ether oxygens (including phenoxy) is 3. The second-order valence-corrected chi connectivity index (χ2v) is 8.20. The Hall–Kier alpha value is -3.62. The lowest BCUT2D eigenvalue weighted by molar-refractivity contribution is -0.141. The van der Waals surface area contributed by atoms with E-state index in [1.165, 1.54) is 14.2 Å². The van der Waals surface area contributed by atoms with Crippen LogP contribution in [0.2, 0.25) is 0 Å². The van der Waals surface area contributed by atoms with Gasteiger partial charge in [-0.15, -0.1) is 0 Å². The molecule has 3 aromatic rings. The van der Waals surface area contributed by atoms with Crippen LogP contribution in [0.3, 0.4) is 0 Å². The average molecular weight is 453 g/mol. The SMILES string of the molecule is COC(=O)C[C@H](NC(=O)c1cc(C2CC2)nc2c1c(C)nn2C)c1ccc(OC)c(OC)c1. The molecule has 0 aliphatic heterocycles. The van der Waals surface area contributed by atoms with Crippen LogP contribution >= 0.6 is 0 Å². The number of hydrogen-bond donors (Lipinski definition) is 1. The van der Waals surface area contributed by atoms with Crippen molar-refractivity contribution in [2.75, 3.05) is 21.3 Å². The monoisotopic (exact) mass is 452 g/mol. The molecule has 174 valence electrons. The molecular formula is C24H28N4O5. The summed E-state index contributed by atoms with van der Waals surface area (Å²) in [4.78, 5) is 30.5. The van der Waals surface area contributed by atoms with Gasteiger partial charge in [0.15, 0.2) is 17.1 Å². The zero-order valence-corrected chi connectivity index (χ0v) is 19.5. The standard InChI is InChI=1S/C24H28N4O5/c1-13-22-16(11-17(14-6-7-14)25-23(22)28(2)27-13)24(30)26-18(12-21(29)33-5)15-8-9-19(31-3)20(10-15)32-4/h8-11,14,18H,6-7,12H2,1-5H3,(H,26,30)/t18-/m0/s1. The second kappa shape index (κ2) is 9.09. The van der Waals surface area contributed by atoms with Crippen molar-refractivity contribution in [3.8, 4) is 11.5 Å². The maximum atomic E-state index is 13.6. The molecule has 1 aliphatic rings. The summed E-state index contributed by atoms with van der Waals surface area (Å²) in [5, 5.41) is 8.19. The zero-order valence-electron chi connectivity index (χ0n) is 19.5. The number of aromatic nitrogens is 3. The Labute approximate surface area is 192 Å². The smallest absolute Gasteiger partial charge is 0.307 e. The number of hydrogen-bond acceptors (Lipinski definition) is 7. The maximum absolute atomic E-state index is 13.6. The number of rotatable bonds is 8. The number of fused-ring (bicyclic) bond motifs is 1. The van der Waals surface area contributed by atoms with Crippen LogP contribution in [-0.4, -0.2) is 48.0 Å². The van der Waals surface area contributed by atoms with Gasteiger partial charge >= 0.3 is 5.97 Å². The molecule has 2 aromatic heterocycles. The van der Waals surface area contributed by atoms with Gasteiger partial charge in [0.2, 0.25) is 0 Å². The molecule has 0 radical (unpaired) electrons. The van der Waals surface area contributed by atoms with Crippen LogP contribution in [0.25, 0.3) is 11.0 Å². The van der Waals surface area contributed by atoms with Crippen molar-refractivity contribution < 1.29 is 23.8 Å². The van der Waals surface area contributed by atoms with Gasteiger partial charge in [-0.25, -0.2) is 4.98 Å². The van der Waals surface area contributed by atoms with E-state index in [9.17, 15) is 9.59 Å². The number of carbonyl (C=O) groups excluding carboxylic acids is 2. The molecule has 1 aromatic carbocycles. The summed E-state index contributed by atoms with van der Waals surface area (Å²) in [6.45, 7) is 1.86. The average Bonchev–Trinajstić information content (AvgIpc) is 3.63. The minimum absolute atomic E-state index is 0.0343. The number of amides is 1. The van der Waals surface area contributed by atoms with Crippen molar-refractivity contribution in [2.45, 2.75) is 38.1 Å². The Morgan fingerprint density at radius 1 is 1.15 bits per heavy atom. The summed E-state index contributed by atoms with van der Waals surface area (Å²) < 4.78 is 17.3. The van der Waals surface area contributed by atoms with Gasteiger partial charge in [-0.3, -0.25) is 14.3 Å². The Morgan fingerprint density at radius 3 is 2.52 bits per heavy atom. The molecular weight excluding hydrogens is 424 g/mol. The first kappa shape index (κ1) is 22.6. The van der Waals surface area contributed by atoms with E-state index in [0.29, 0.717) is 39.6 Å². The number of pyridine rings is 1. The molecule has 0 unspecified atom stereocenters. The maximum Gasteiger partial charge on any atom is 0.307 e. The van der Waals surface area contributed by atoms with E-state index in [-0.39, 0.29) is 12.3 Å². The van der Waals surface area contributed by atoms with Gasteiger partial charge in [-0.1, -0.05) is 6.07 Å². The van der Waals surface area contributed by atoms with Gasteiger partial charge in [0.25, 0.3) is 5.91 Å². The van der Waals surface area contributed by atoms with Gasteiger partial charge in [0.05, 0.1) is 50.4 Å². The third-order valence-corrected chi connectivity index (χ3v) is 5.94. The van der Waals surface area contributed by atoms with Crippen LogP contribution in [0, 0.1) is 6.92 Å². The Bertz CT molecular complexity index is 1220. The number of methoxy groups -OCH3 is 3. The largest absolute Gasteiger partial charge is 0.493 e. The van der Waals surface area contributed by atoms with Crippen LogP contribution in [0.5, 0.6) is 11.5 Å². The van der Waals surface area contributed by atoms with E-state index in [1.807, 2.05) is 20.0 Å². The number of benzene rings is 1. The second-order valence-electron chi connectivity index (χ2n) is 8.20. The predicted octanol–water partition coefficient (Wildman–Crippen LogP) is 3.21. The quantitative estimate of drug-likeness (QED) is 0.523. The first-order valence-electron chi connectivity index (χ1n) is 10.8. The molecule has 1 fully saturated rings. The van der Waals surface area contributed by atoms with E-state index in [1.54, 1.807) is 30.0 Å². The molecule has 1 aliphatic carbocycles. The molecule has 33 heavy (non-hydrogen) atoms. The summed E-state index contributed by atoms with van der Waals surface area (Å²) in [6, 6.07) is 6.51. The molecule has 9 nitrogen and oxygen atoms in total. The van der Waals surface area contributed by atoms with Gasteiger partial charge < -0.3 is 19.5 Å². The molecule has 9 heteroatoms. The van der Waals surface area contributed by atoms with Crippen molar-refractivity contribution in [3.05, 3.63) is 46.8 Å². The lowest BCUT2D eigenvalue weighted by atomic mass is 10.0. The topological polar surface area (TPSA) is 105 Å². The molecule has 0 spiro atoms. The van der Waals surface area contributed by atoms with Crippen LogP contribution < -0.4 is 14.8 Å². The van der Waals surface area contributed by atoms with Crippen molar-refractivity contribution in [1.29, 1.82) is 0 Å².